The summed E-state index contributed by atoms with van der Waals surface area (Å²) in [6.45, 7) is -0.119. The molecule has 0 aromatic heterocycles. The molecular weight excluding hydrogens is 170 g/mol. The maximum Gasteiger partial charge on any atom is 0.118 e. The van der Waals surface area contributed by atoms with Crippen molar-refractivity contribution >= 4 is 0 Å². The van der Waals surface area contributed by atoms with E-state index in [9.17, 15) is 10.0 Å². The number of aliphatic hydroxyl groups is 1. The molecule has 0 fully saturated rings. The highest BCUT2D eigenvalue weighted by molar-refractivity contribution is 5.28. The highest BCUT2D eigenvalue weighted by atomic mass is 16.5. The zero-order chi connectivity index (χ0) is 9.68. The lowest BCUT2D eigenvalue weighted by Crippen LogP contribution is -2.00. The second-order valence-corrected chi connectivity index (χ2v) is 2.60. The van der Waals surface area contributed by atoms with Gasteiger partial charge in [-0.1, -0.05) is 17.3 Å². The molecule has 0 aliphatic rings. The van der Waals surface area contributed by atoms with E-state index < -0.39 is 6.10 Å². The number of ether oxygens (including phenoxy) is 1. The maximum atomic E-state index is 9.88. The van der Waals surface area contributed by atoms with Gasteiger partial charge >= 0.3 is 0 Å². The summed E-state index contributed by atoms with van der Waals surface area (Å²) in [5.74, 6) is 0.718. The van der Waals surface area contributed by atoms with Gasteiger partial charge in [-0.15, -0.1) is 0 Å². The van der Waals surface area contributed by atoms with Crippen molar-refractivity contribution in [3.05, 3.63) is 34.7 Å². The van der Waals surface area contributed by atoms with Crippen molar-refractivity contribution in [3.63, 3.8) is 0 Å². The SMILES string of the molecule is COc1ccc(C(O)CN=O)cc1. The van der Waals surface area contributed by atoms with Gasteiger partial charge in [0.15, 0.2) is 0 Å². The van der Waals surface area contributed by atoms with Crippen molar-refractivity contribution < 1.29 is 9.84 Å². The molecule has 1 aromatic carbocycles. The monoisotopic (exact) mass is 181 g/mol. The number of methoxy groups -OCH3 is 1. The molecule has 0 aliphatic carbocycles. The number of hydrogen-bond acceptors (Lipinski definition) is 4. The smallest absolute Gasteiger partial charge is 0.118 e. The molecule has 1 rings (SSSR count). The zero-order valence-corrected chi connectivity index (χ0v) is 7.30. The summed E-state index contributed by atoms with van der Waals surface area (Å²) in [7, 11) is 1.57. The Bertz CT molecular complexity index is 271. The first-order valence-electron chi connectivity index (χ1n) is 3.89. The molecule has 13 heavy (non-hydrogen) atoms. The van der Waals surface area contributed by atoms with Crippen LogP contribution in [0, 0.1) is 4.91 Å². The van der Waals surface area contributed by atoms with Gasteiger partial charge < -0.3 is 9.84 Å². The Labute approximate surface area is 76.1 Å². The molecular formula is C9H11NO3. The molecule has 1 atom stereocenters. The lowest BCUT2D eigenvalue weighted by molar-refractivity contribution is 0.187. The Morgan fingerprint density at radius 3 is 2.54 bits per heavy atom. The summed E-state index contributed by atoms with van der Waals surface area (Å²) in [4.78, 5) is 9.88. The summed E-state index contributed by atoms with van der Waals surface area (Å²) in [5, 5.41) is 12.0. The topological polar surface area (TPSA) is 58.9 Å². The number of nitrogens with zero attached hydrogens (tertiary/aromatic N) is 1. The third-order valence-electron chi connectivity index (χ3n) is 1.75. The molecule has 1 unspecified atom stereocenters. The number of aliphatic hydroxyl groups excluding tert-OH is 1. The van der Waals surface area contributed by atoms with Gasteiger partial charge in [-0.2, -0.15) is 4.91 Å². The van der Waals surface area contributed by atoms with Crippen LogP contribution in [0.1, 0.15) is 11.7 Å². The Morgan fingerprint density at radius 2 is 2.08 bits per heavy atom. The van der Waals surface area contributed by atoms with Gasteiger partial charge in [0, 0.05) is 0 Å². The minimum atomic E-state index is -0.816. The molecule has 1 N–H and O–H groups in total. The van der Waals surface area contributed by atoms with Gasteiger partial charge in [0.1, 0.15) is 18.4 Å². The van der Waals surface area contributed by atoms with Crippen LogP contribution in [-0.2, 0) is 0 Å². The highest BCUT2D eigenvalue weighted by Crippen LogP contribution is 2.17. The first-order valence-corrected chi connectivity index (χ1v) is 3.89. The van der Waals surface area contributed by atoms with E-state index in [1.54, 1.807) is 31.4 Å². The molecule has 4 heteroatoms. The van der Waals surface area contributed by atoms with Crippen LogP contribution in [0.15, 0.2) is 29.4 Å². The van der Waals surface area contributed by atoms with Crippen LogP contribution in [0.3, 0.4) is 0 Å². The quantitative estimate of drug-likeness (QED) is 0.716. The van der Waals surface area contributed by atoms with Crippen LogP contribution in [0.4, 0.5) is 0 Å². The zero-order valence-electron chi connectivity index (χ0n) is 7.30. The van der Waals surface area contributed by atoms with Gasteiger partial charge in [-0.05, 0) is 17.7 Å². The predicted octanol–water partition coefficient (Wildman–Crippen LogP) is 1.49. The van der Waals surface area contributed by atoms with Gasteiger partial charge in [0.05, 0.1) is 7.11 Å². The largest absolute Gasteiger partial charge is 0.497 e. The highest BCUT2D eigenvalue weighted by Gasteiger charge is 2.06. The Morgan fingerprint density at radius 1 is 1.46 bits per heavy atom. The molecule has 0 heterocycles. The molecule has 1 aromatic rings. The van der Waals surface area contributed by atoms with Crippen LogP contribution in [0.25, 0.3) is 0 Å². The molecule has 0 bridgehead atoms. The van der Waals surface area contributed by atoms with Crippen molar-refractivity contribution in [1.82, 2.24) is 0 Å². The lowest BCUT2D eigenvalue weighted by atomic mass is 10.1. The summed E-state index contributed by atoms with van der Waals surface area (Å²) in [6, 6.07) is 6.86. The second kappa shape index (κ2) is 4.57. The third kappa shape index (κ3) is 2.52. The lowest BCUT2D eigenvalue weighted by Gasteiger charge is -2.06. The molecule has 0 saturated carbocycles. The van der Waals surface area contributed by atoms with Crippen LogP contribution in [-0.4, -0.2) is 18.8 Å². The Hall–Kier alpha value is -1.42. The summed E-state index contributed by atoms with van der Waals surface area (Å²) >= 11 is 0. The van der Waals surface area contributed by atoms with Crippen molar-refractivity contribution in [2.45, 2.75) is 6.10 Å². The number of rotatable bonds is 4. The van der Waals surface area contributed by atoms with Gasteiger partial charge in [0.25, 0.3) is 0 Å². The van der Waals surface area contributed by atoms with E-state index in [0.29, 0.717) is 5.56 Å². The summed E-state index contributed by atoms with van der Waals surface area (Å²) in [6.07, 6.45) is -0.816. The maximum absolute atomic E-state index is 9.88. The summed E-state index contributed by atoms with van der Waals surface area (Å²) < 4.78 is 4.94. The van der Waals surface area contributed by atoms with E-state index in [4.69, 9.17) is 4.74 Å². The number of nitroso groups, excluding NO2 is 1. The third-order valence-corrected chi connectivity index (χ3v) is 1.75. The number of hydrogen-bond donors (Lipinski definition) is 1. The molecule has 0 saturated heterocycles. The van der Waals surface area contributed by atoms with E-state index in [0.717, 1.165) is 5.75 Å². The summed E-state index contributed by atoms with van der Waals surface area (Å²) in [5.41, 5.74) is 0.667. The van der Waals surface area contributed by atoms with Crippen LogP contribution >= 0.6 is 0 Å². The minimum absolute atomic E-state index is 0.119. The van der Waals surface area contributed by atoms with Gasteiger partial charge in [-0.3, -0.25) is 0 Å². The number of benzene rings is 1. The van der Waals surface area contributed by atoms with Gasteiger partial charge in [-0.25, -0.2) is 0 Å². The Kier molecular flexibility index (Phi) is 3.40. The van der Waals surface area contributed by atoms with Crippen LogP contribution in [0.5, 0.6) is 5.75 Å². The second-order valence-electron chi connectivity index (χ2n) is 2.60. The first-order chi connectivity index (χ1) is 6.27. The van der Waals surface area contributed by atoms with Gasteiger partial charge in [0.2, 0.25) is 0 Å². The fraction of sp³-hybridized carbons (Fsp3) is 0.333. The normalized spacial score (nSPS) is 12.2. The molecule has 0 amide bonds. The molecule has 4 nitrogen and oxygen atoms in total. The van der Waals surface area contributed by atoms with Crippen molar-refractivity contribution in [1.29, 1.82) is 0 Å². The Balaban J connectivity index is 2.73. The standard InChI is InChI=1S/C9H11NO3/c1-13-8-4-2-7(3-5-8)9(11)6-10-12/h2-5,9,11H,6H2,1H3. The minimum Gasteiger partial charge on any atom is -0.497 e. The molecule has 70 valence electrons. The van der Waals surface area contributed by atoms with E-state index in [-0.39, 0.29) is 6.54 Å². The molecule has 0 radical (unpaired) electrons. The van der Waals surface area contributed by atoms with Crippen molar-refractivity contribution in [3.8, 4) is 5.75 Å². The van der Waals surface area contributed by atoms with Crippen LogP contribution in [0.2, 0.25) is 0 Å². The average Bonchev–Trinajstić information content (AvgIpc) is 2.18. The van der Waals surface area contributed by atoms with E-state index in [1.807, 2.05) is 0 Å². The van der Waals surface area contributed by atoms with Crippen molar-refractivity contribution in [2.75, 3.05) is 13.7 Å². The first kappa shape index (κ1) is 9.67. The van der Waals surface area contributed by atoms with E-state index in [2.05, 4.69) is 5.18 Å². The van der Waals surface area contributed by atoms with E-state index >= 15 is 0 Å². The fourth-order valence-electron chi connectivity index (χ4n) is 1.00. The predicted molar refractivity (Wildman–Crippen MR) is 48.6 cm³/mol. The fourth-order valence-corrected chi connectivity index (χ4v) is 1.00. The molecule has 0 aliphatic heterocycles. The van der Waals surface area contributed by atoms with Crippen molar-refractivity contribution in [2.24, 2.45) is 5.18 Å². The van der Waals surface area contributed by atoms with Crippen LogP contribution < -0.4 is 4.74 Å². The average molecular weight is 181 g/mol. The molecule has 0 spiro atoms. The van der Waals surface area contributed by atoms with E-state index in [1.165, 1.54) is 0 Å².